The number of carbonyl (C=O) groups is 2. The summed E-state index contributed by atoms with van der Waals surface area (Å²) in [4.78, 5) is 25.9. The van der Waals surface area contributed by atoms with Gasteiger partial charge in [0.15, 0.2) is 0 Å². The molecule has 0 spiro atoms. The molecule has 1 atom stereocenters. The van der Waals surface area contributed by atoms with Gasteiger partial charge in [-0.1, -0.05) is 18.2 Å². The van der Waals surface area contributed by atoms with E-state index in [2.05, 4.69) is 12.2 Å². The number of benzene rings is 1. The zero-order valence-corrected chi connectivity index (χ0v) is 13.2. The van der Waals surface area contributed by atoms with Gasteiger partial charge in [0, 0.05) is 25.8 Å². The Hall–Kier alpha value is -2.14. The van der Waals surface area contributed by atoms with Crippen molar-refractivity contribution in [2.75, 3.05) is 26.8 Å². The summed E-state index contributed by atoms with van der Waals surface area (Å²) >= 11 is 0. The Labute approximate surface area is 135 Å². The number of likely N-dealkylation sites (tertiary alicyclic amines) is 1. The van der Waals surface area contributed by atoms with Gasteiger partial charge in [-0.2, -0.15) is 0 Å². The molecule has 0 aromatic heterocycles. The average Bonchev–Trinajstić information content (AvgIpc) is 3.00. The lowest BCUT2D eigenvalue weighted by Gasteiger charge is -2.24. The molecule has 2 aliphatic rings. The molecule has 5 heteroatoms. The lowest BCUT2D eigenvalue weighted by atomic mass is 9.88. The van der Waals surface area contributed by atoms with Crippen molar-refractivity contribution in [1.82, 2.24) is 4.90 Å². The van der Waals surface area contributed by atoms with Crippen molar-refractivity contribution >= 4 is 18.0 Å². The molecular formula is C18H21NO4. The summed E-state index contributed by atoms with van der Waals surface area (Å²) in [6, 6.07) is 5.74. The van der Waals surface area contributed by atoms with E-state index in [1.807, 2.05) is 18.2 Å². The number of hydrogen-bond donors (Lipinski definition) is 1. The quantitative estimate of drug-likeness (QED) is 0.925. The van der Waals surface area contributed by atoms with Gasteiger partial charge in [-0.25, -0.2) is 0 Å². The van der Waals surface area contributed by atoms with Crippen LogP contribution in [0.4, 0.5) is 0 Å². The largest absolute Gasteiger partial charge is 0.481 e. The first-order valence-electron chi connectivity index (χ1n) is 7.87. The lowest BCUT2D eigenvalue weighted by molar-refractivity contribution is -0.151. The molecule has 23 heavy (non-hydrogen) atoms. The van der Waals surface area contributed by atoms with E-state index >= 15 is 0 Å². The van der Waals surface area contributed by atoms with Crippen molar-refractivity contribution in [3.63, 3.8) is 0 Å². The number of methoxy groups -OCH3 is 1. The third-order valence-electron chi connectivity index (χ3n) is 4.78. The molecule has 0 bridgehead atoms. The molecule has 1 aromatic rings. The van der Waals surface area contributed by atoms with Crippen LogP contribution in [-0.4, -0.2) is 48.7 Å². The second-order valence-electron chi connectivity index (χ2n) is 6.35. The average molecular weight is 315 g/mol. The van der Waals surface area contributed by atoms with Crippen LogP contribution in [-0.2, 0) is 16.0 Å². The number of fused-ring (bicyclic) bond motifs is 1. The summed E-state index contributed by atoms with van der Waals surface area (Å²) in [5, 5.41) is 9.50. The summed E-state index contributed by atoms with van der Waals surface area (Å²) in [6.07, 6.45) is 6.57. The highest BCUT2D eigenvalue weighted by atomic mass is 16.5. The Kier molecular flexibility index (Phi) is 4.22. The van der Waals surface area contributed by atoms with E-state index in [1.54, 1.807) is 4.90 Å². The zero-order valence-electron chi connectivity index (χ0n) is 13.2. The van der Waals surface area contributed by atoms with Crippen LogP contribution < -0.4 is 0 Å². The van der Waals surface area contributed by atoms with Gasteiger partial charge in [-0.15, -0.1) is 0 Å². The molecule has 1 saturated heterocycles. The number of rotatable bonds is 4. The van der Waals surface area contributed by atoms with Gasteiger partial charge in [0.1, 0.15) is 5.41 Å². The van der Waals surface area contributed by atoms with Crippen LogP contribution in [0.1, 0.15) is 34.3 Å². The Morgan fingerprint density at radius 1 is 1.39 bits per heavy atom. The maximum absolute atomic E-state index is 12.7. The Balaban J connectivity index is 1.79. The molecule has 1 aromatic carbocycles. The van der Waals surface area contributed by atoms with Crippen molar-refractivity contribution in [3.05, 3.63) is 41.0 Å². The van der Waals surface area contributed by atoms with Crippen LogP contribution in [0.15, 0.2) is 24.3 Å². The van der Waals surface area contributed by atoms with Crippen LogP contribution in [0.5, 0.6) is 0 Å². The smallest absolute Gasteiger partial charge is 0.313 e. The molecule has 122 valence electrons. The number of hydrogen-bond acceptors (Lipinski definition) is 3. The summed E-state index contributed by atoms with van der Waals surface area (Å²) in [6.45, 7) is 0.776. The second kappa shape index (κ2) is 6.16. The topological polar surface area (TPSA) is 66.8 Å². The van der Waals surface area contributed by atoms with Gasteiger partial charge in [0.05, 0.1) is 6.61 Å². The molecule has 5 nitrogen and oxygen atoms in total. The van der Waals surface area contributed by atoms with Gasteiger partial charge in [0.2, 0.25) is 0 Å². The van der Waals surface area contributed by atoms with Crippen molar-refractivity contribution in [3.8, 4) is 0 Å². The van der Waals surface area contributed by atoms with E-state index in [0.29, 0.717) is 18.5 Å². The van der Waals surface area contributed by atoms with E-state index in [9.17, 15) is 14.7 Å². The van der Waals surface area contributed by atoms with Crippen LogP contribution >= 0.6 is 0 Å². The van der Waals surface area contributed by atoms with Crippen molar-refractivity contribution in [1.29, 1.82) is 0 Å². The van der Waals surface area contributed by atoms with Crippen LogP contribution in [0.25, 0.3) is 6.08 Å². The monoisotopic (exact) mass is 315 g/mol. The molecule has 1 aliphatic heterocycles. The maximum Gasteiger partial charge on any atom is 0.313 e. The minimum atomic E-state index is -0.985. The summed E-state index contributed by atoms with van der Waals surface area (Å²) in [7, 11) is 1.49. The number of allylic oxidation sites excluding steroid dienone is 1. The fourth-order valence-electron chi connectivity index (χ4n) is 3.43. The minimum Gasteiger partial charge on any atom is -0.481 e. The predicted octanol–water partition coefficient (Wildman–Crippen LogP) is 2.21. The molecule has 0 saturated carbocycles. The summed E-state index contributed by atoms with van der Waals surface area (Å²) in [5.74, 6) is -0.994. The molecule has 1 fully saturated rings. The Morgan fingerprint density at radius 2 is 2.22 bits per heavy atom. The number of carboxylic acid groups (broad SMARTS) is 1. The molecule has 0 radical (unpaired) electrons. The first-order valence-corrected chi connectivity index (χ1v) is 7.87. The lowest BCUT2D eigenvalue weighted by Crippen LogP contribution is -2.40. The van der Waals surface area contributed by atoms with Crippen LogP contribution in [0.3, 0.4) is 0 Å². The number of carbonyl (C=O) groups excluding carboxylic acids is 1. The number of aliphatic carboxylic acids is 1. The molecule has 1 N–H and O–H groups in total. The second-order valence-corrected chi connectivity index (χ2v) is 6.35. The fourth-order valence-corrected chi connectivity index (χ4v) is 3.43. The van der Waals surface area contributed by atoms with Gasteiger partial charge in [-0.05, 0) is 42.5 Å². The van der Waals surface area contributed by atoms with Crippen LogP contribution in [0.2, 0.25) is 0 Å². The SMILES string of the molecule is COCC1(C(=O)O)CCN(C(=O)c2ccc3c(c2)CCC=C3)C1. The predicted molar refractivity (Wildman–Crippen MR) is 86.3 cm³/mol. The maximum atomic E-state index is 12.7. The highest BCUT2D eigenvalue weighted by molar-refractivity contribution is 5.95. The normalized spacial score (nSPS) is 22.9. The highest BCUT2D eigenvalue weighted by Crippen LogP contribution is 2.32. The van der Waals surface area contributed by atoms with Gasteiger partial charge < -0.3 is 14.7 Å². The van der Waals surface area contributed by atoms with Gasteiger partial charge in [-0.3, -0.25) is 9.59 Å². The van der Waals surface area contributed by atoms with Gasteiger partial charge >= 0.3 is 5.97 Å². The Bertz CT molecular complexity index is 667. The Morgan fingerprint density at radius 3 is 2.96 bits per heavy atom. The standard InChI is InChI=1S/C18H21NO4/c1-23-12-18(17(21)22)8-9-19(11-18)16(20)15-7-6-13-4-2-3-5-14(13)10-15/h2,4,6-7,10H,3,5,8-9,11-12H2,1H3,(H,21,22). The summed E-state index contributed by atoms with van der Waals surface area (Å²) < 4.78 is 5.07. The van der Waals surface area contributed by atoms with Crippen molar-refractivity contribution < 1.29 is 19.4 Å². The molecule has 3 rings (SSSR count). The number of carboxylic acids is 1. The summed E-state index contributed by atoms with van der Waals surface area (Å²) in [5.41, 5.74) is 1.99. The highest BCUT2D eigenvalue weighted by Gasteiger charge is 2.46. The third-order valence-corrected chi connectivity index (χ3v) is 4.78. The first kappa shape index (κ1) is 15.7. The van der Waals surface area contributed by atoms with E-state index in [0.717, 1.165) is 18.4 Å². The molecule has 1 amide bonds. The minimum absolute atomic E-state index is 0.0958. The van der Waals surface area contributed by atoms with E-state index in [-0.39, 0.29) is 19.1 Å². The third kappa shape index (κ3) is 2.88. The number of amides is 1. The van der Waals surface area contributed by atoms with E-state index in [4.69, 9.17) is 4.74 Å². The van der Waals surface area contributed by atoms with Gasteiger partial charge in [0.25, 0.3) is 5.91 Å². The molecule has 1 heterocycles. The molecular weight excluding hydrogens is 294 g/mol. The number of aryl methyl sites for hydroxylation is 1. The van der Waals surface area contributed by atoms with E-state index in [1.165, 1.54) is 12.7 Å². The zero-order chi connectivity index (χ0) is 16.4. The molecule has 1 aliphatic carbocycles. The fraction of sp³-hybridized carbons (Fsp3) is 0.444. The van der Waals surface area contributed by atoms with Crippen molar-refractivity contribution in [2.45, 2.75) is 19.3 Å². The number of nitrogens with zero attached hydrogens (tertiary/aromatic N) is 1. The van der Waals surface area contributed by atoms with E-state index < -0.39 is 11.4 Å². The van der Waals surface area contributed by atoms with Crippen molar-refractivity contribution in [2.24, 2.45) is 5.41 Å². The van der Waals surface area contributed by atoms with Crippen LogP contribution in [0, 0.1) is 5.41 Å². The first-order chi connectivity index (χ1) is 11.1. The number of ether oxygens (including phenoxy) is 1. The molecule has 1 unspecified atom stereocenters.